The molecule has 160 valence electrons. The van der Waals surface area contributed by atoms with E-state index in [1.54, 1.807) is 25.6 Å². The van der Waals surface area contributed by atoms with Crippen LogP contribution in [0.25, 0.3) is 5.69 Å². The second-order valence-electron chi connectivity index (χ2n) is 8.70. The van der Waals surface area contributed by atoms with Gasteiger partial charge in [-0.15, -0.1) is 0 Å². The minimum absolute atomic E-state index is 0.197. The van der Waals surface area contributed by atoms with E-state index in [0.29, 0.717) is 29.6 Å². The molecule has 30 heavy (non-hydrogen) atoms. The van der Waals surface area contributed by atoms with Gasteiger partial charge in [-0.25, -0.2) is 4.68 Å². The fraction of sp³-hybridized carbons (Fsp3) is 0.522. The third kappa shape index (κ3) is 3.80. The van der Waals surface area contributed by atoms with Crippen molar-refractivity contribution in [2.75, 3.05) is 5.32 Å². The van der Waals surface area contributed by atoms with Crippen LogP contribution in [0.2, 0.25) is 0 Å². The van der Waals surface area contributed by atoms with Gasteiger partial charge in [0.25, 0.3) is 11.5 Å². The average molecular weight is 412 g/mol. The van der Waals surface area contributed by atoms with Crippen LogP contribution in [0.1, 0.15) is 44.7 Å². The van der Waals surface area contributed by atoms with Crippen LogP contribution < -0.4 is 10.9 Å². The number of hydrogen-bond donors (Lipinski definition) is 1. The van der Waals surface area contributed by atoms with Crippen molar-refractivity contribution in [2.45, 2.75) is 52.1 Å². The number of benzene rings is 1. The predicted molar refractivity (Wildman–Crippen MR) is 113 cm³/mol. The van der Waals surface area contributed by atoms with Crippen molar-refractivity contribution in [3.63, 3.8) is 0 Å². The molecular formula is C23H29N3O4. The molecule has 2 fully saturated rings. The van der Waals surface area contributed by atoms with E-state index in [4.69, 9.17) is 4.74 Å². The molecule has 0 radical (unpaired) electrons. The number of amides is 1. The van der Waals surface area contributed by atoms with Crippen LogP contribution in [0, 0.1) is 24.7 Å². The van der Waals surface area contributed by atoms with Crippen LogP contribution in [-0.2, 0) is 21.4 Å². The Morgan fingerprint density at radius 2 is 1.93 bits per heavy atom. The number of aromatic nitrogens is 2. The number of hydrogen-bond acceptors (Lipinski definition) is 4. The molecule has 2 aliphatic carbocycles. The summed E-state index contributed by atoms with van der Waals surface area (Å²) in [5, 5.41) is 2.66. The molecule has 1 heterocycles. The summed E-state index contributed by atoms with van der Waals surface area (Å²) in [6.45, 7) is 3.31. The van der Waals surface area contributed by atoms with E-state index in [-0.39, 0.29) is 17.2 Å². The zero-order valence-electron chi connectivity index (χ0n) is 17.8. The Balaban J connectivity index is 1.41. The van der Waals surface area contributed by atoms with Gasteiger partial charge in [0.15, 0.2) is 6.10 Å². The molecule has 7 heteroatoms. The molecule has 4 rings (SSSR count). The fourth-order valence-corrected chi connectivity index (χ4v) is 5.08. The molecule has 0 saturated heterocycles. The van der Waals surface area contributed by atoms with Crippen molar-refractivity contribution in [1.29, 1.82) is 0 Å². The van der Waals surface area contributed by atoms with E-state index in [2.05, 4.69) is 5.32 Å². The molecule has 2 aromatic rings. The van der Waals surface area contributed by atoms with Gasteiger partial charge in [0.05, 0.1) is 11.4 Å². The highest BCUT2D eigenvalue weighted by molar-refractivity contribution is 5.95. The third-order valence-electron chi connectivity index (χ3n) is 6.79. The Morgan fingerprint density at radius 3 is 2.57 bits per heavy atom. The number of para-hydroxylation sites is 1. The summed E-state index contributed by atoms with van der Waals surface area (Å²) in [7, 11) is 1.76. The number of nitrogens with zero attached hydrogens (tertiary/aromatic N) is 2. The molecule has 0 unspecified atom stereocenters. The number of carbonyl (C=O) groups excluding carboxylic acids is 2. The van der Waals surface area contributed by atoms with Crippen molar-refractivity contribution in [2.24, 2.45) is 24.8 Å². The summed E-state index contributed by atoms with van der Waals surface area (Å²) < 4.78 is 8.58. The molecule has 2 bridgehead atoms. The van der Waals surface area contributed by atoms with E-state index < -0.39 is 12.0 Å². The fourth-order valence-electron chi connectivity index (χ4n) is 5.08. The number of nitrogens with one attached hydrogen (secondary N) is 1. The van der Waals surface area contributed by atoms with Gasteiger partial charge in [0, 0.05) is 13.5 Å². The van der Waals surface area contributed by atoms with Gasteiger partial charge in [0.2, 0.25) is 0 Å². The highest BCUT2D eigenvalue weighted by atomic mass is 16.5. The van der Waals surface area contributed by atoms with Crippen LogP contribution in [-0.4, -0.2) is 27.3 Å². The molecule has 0 spiro atoms. The van der Waals surface area contributed by atoms with Gasteiger partial charge >= 0.3 is 5.97 Å². The van der Waals surface area contributed by atoms with E-state index >= 15 is 0 Å². The largest absolute Gasteiger partial charge is 0.453 e. The summed E-state index contributed by atoms with van der Waals surface area (Å²) in [6.07, 6.45) is 4.24. The maximum atomic E-state index is 12.9. The Bertz CT molecular complexity index is 1010. The monoisotopic (exact) mass is 411 g/mol. The number of carbonyl (C=O) groups is 2. The first-order valence-electron chi connectivity index (χ1n) is 10.7. The molecule has 1 aromatic carbocycles. The van der Waals surface area contributed by atoms with E-state index in [1.807, 2.05) is 30.3 Å². The number of ether oxygens (including phenoxy) is 1. The minimum atomic E-state index is -0.958. The Labute approximate surface area is 176 Å². The summed E-state index contributed by atoms with van der Waals surface area (Å²) in [5.41, 5.74) is 1.20. The third-order valence-corrected chi connectivity index (χ3v) is 6.79. The van der Waals surface area contributed by atoms with Crippen molar-refractivity contribution in [3.8, 4) is 5.69 Å². The summed E-state index contributed by atoms with van der Waals surface area (Å²) in [6, 6.07) is 9.22. The highest BCUT2D eigenvalue weighted by Crippen LogP contribution is 2.49. The first-order valence-corrected chi connectivity index (χ1v) is 10.7. The molecule has 1 N–H and O–H groups in total. The summed E-state index contributed by atoms with van der Waals surface area (Å²) >= 11 is 0. The van der Waals surface area contributed by atoms with Gasteiger partial charge in [-0.1, -0.05) is 24.6 Å². The topological polar surface area (TPSA) is 82.3 Å². The normalized spacial score (nSPS) is 23.4. The lowest BCUT2D eigenvalue weighted by Crippen LogP contribution is -2.32. The van der Waals surface area contributed by atoms with E-state index in [0.717, 1.165) is 12.3 Å². The summed E-state index contributed by atoms with van der Waals surface area (Å²) in [4.78, 5) is 37.9. The van der Waals surface area contributed by atoms with Crippen LogP contribution in [0.5, 0.6) is 0 Å². The Hall–Kier alpha value is -2.83. The van der Waals surface area contributed by atoms with Crippen LogP contribution in [0.15, 0.2) is 35.1 Å². The zero-order valence-corrected chi connectivity index (χ0v) is 17.8. The second kappa shape index (κ2) is 8.13. The van der Waals surface area contributed by atoms with Gasteiger partial charge in [-0.3, -0.25) is 19.1 Å². The lowest BCUT2D eigenvalue weighted by molar-refractivity contribution is -0.154. The summed E-state index contributed by atoms with van der Waals surface area (Å²) in [5.74, 6) is 0.960. The smallest absolute Gasteiger partial charge is 0.306 e. The van der Waals surface area contributed by atoms with Crippen LogP contribution >= 0.6 is 0 Å². The molecular weight excluding hydrogens is 382 g/mol. The lowest BCUT2D eigenvalue weighted by atomic mass is 9.86. The molecule has 7 nitrogen and oxygen atoms in total. The molecule has 0 aliphatic heterocycles. The SMILES string of the molecule is Cc1c(NC(=O)[C@H](C)OC(=O)C[C@H]2C[C@@H]3CC[C@H]2C3)c(=O)n(-c2ccccc2)n1C. The van der Waals surface area contributed by atoms with Crippen molar-refractivity contribution < 1.29 is 14.3 Å². The van der Waals surface area contributed by atoms with Crippen LogP contribution in [0.3, 0.4) is 0 Å². The van der Waals surface area contributed by atoms with E-state index in [9.17, 15) is 14.4 Å². The quantitative estimate of drug-likeness (QED) is 0.740. The maximum absolute atomic E-state index is 12.9. The number of anilines is 1. The van der Waals surface area contributed by atoms with Gasteiger partial charge in [-0.05, 0) is 63.0 Å². The molecule has 2 aliphatic rings. The first kappa shape index (κ1) is 20.4. The Kier molecular flexibility index (Phi) is 5.54. The van der Waals surface area contributed by atoms with Crippen molar-refractivity contribution >= 4 is 17.6 Å². The minimum Gasteiger partial charge on any atom is -0.453 e. The lowest BCUT2D eigenvalue weighted by Gasteiger charge is -2.21. The average Bonchev–Trinajstić information content (AvgIpc) is 3.39. The molecule has 2 saturated carbocycles. The molecule has 4 atom stereocenters. The van der Waals surface area contributed by atoms with Gasteiger partial charge < -0.3 is 10.1 Å². The predicted octanol–water partition coefficient (Wildman–Crippen LogP) is 3.18. The number of rotatable bonds is 6. The van der Waals surface area contributed by atoms with Crippen molar-refractivity contribution in [3.05, 3.63) is 46.4 Å². The number of fused-ring (bicyclic) bond motifs is 2. The van der Waals surface area contributed by atoms with Crippen LogP contribution in [0.4, 0.5) is 5.69 Å². The number of esters is 1. The molecule has 1 amide bonds. The molecule has 1 aromatic heterocycles. The maximum Gasteiger partial charge on any atom is 0.306 e. The first-order chi connectivity index (χ1) is 14.3. The van der Waals surface area contributed by atoms with Gasteiger partial charge in [0.1, 0.15) is 5.69 Å². The standard InChI is InChI=1S/C23H29N3O4/c1-14-21(23(29)26(25(14)3)19-7-5-4-6-8-19)24-22(28)15(2)30-20(27)13-18-12-16-9-10-17(18)11-16/h4-8,15-18H,9-13H2,1-3H3,(H,24,28)/t15-,16+,17-,18+/m0/s1. The highest BCUT2D eigenvalue weighted by Gasteiger charge is 2.40. The second-order valence-corrected chi connectivity index (χ2v) is 8.70. The van der Waals surface area contributed by atoms with E-state index in [1.165, 1.54) is 23.9 Å². The van der Waals surface area contributed by atoms with Gasteiger partial charge in [-0.2, -0.15) is 0 Å². The van der Waals surface area contributed by atoms with Crippen molar-refractivity contribution in [1.82, 2.24) is 9.36 Å². The zero-order chi connectivity index (χ0) is 21.4. The Morgan fingerprint density at radius 1 is 1.20 bits per heavy atom.